The van der Waals surface area contributed by atoms with E-state index < -0.39 is 10.8 Å². The Morgan fingerprint density at radius 1 is 1.48 bits per heavy atom. The normalized spacial score (nSPS) is 10.3. The first-order valence-corrected chi connectivity index (χ1v) is 6.31. The van der Waals surface area contributed by atoms with Crippen LogP contribution in [0, 0.1) is 10.1 Å². The number of nitro groups is 1. The van der Waals surface area contributed by atoms with Gasteiger partial charge in [0.1, 0.15) is 11.3 Å². The largest absolute Gasteiger partial charge is 0.508 e. The molecule has 1 heterocycles. The van der Waals surface area contributed by atoms with Crippen LogP contribution in [0.3, 0.4) is 0 Å². The maximum absolute atomic E-state index is 11.9. The minimum absolute atomic E-state index is 0.154. The van der Waals surface area contributed by atoms with Crippen LogP contribution in [0.5, 0.6) is 5.75 Å². The van der Waals surface area contributed by atoms with Gasteiger partial charge in [-0.15, -0.1) is 0 Å². The van der Waals surface area contributed by atoms with Crippen LogP contribution in [-0.4, -0.2) is 32.3 Å². The summed E-state index contributed by atoms with van der Waals surface area (Å²) in [6.45, 7) is 0.987. The van der Waals surface area contributed by atoms with E-state index in [0.29, 0.717) is 19.5 Å². The van der Waals surface area contributed by atoms with Gasteiger partial charge in [0.25, 0.3) is 11.6 Å². The second kappa shape index (κ2) is 6.51. The summed E-state index contributed by atoms with van der Waals surface area (Å²) in [5, 5.41) is 26.8. The van der Waals surface area contributed by atoms with Crippen LogP contribution in [0.4, 0.5) is 5.69 Å². The van der Waals surface area contributed by atoms with Crippen molar-refractivity contribution in [1.82, 2.24) is 15.1 Å². The number of benzene rings is 1. The van der Waals surface area contributed by atoms with Crippen molar-refractivity contribution in [3.8, 4) is 5.75 Å². The predicted molar refractivity (Wildman–Crippen MR) is 73.9 cm³/mol. The number of carbonyl (C=O) groups is 1. The van der Waals surface area contributed by atoms with Gasteiger partial charge in [-0.3, -0.25) is 19.6 Å². The van der Waals surface area contributed by atoms with Gasteiger partial charge in [0.2, 0.25) is 0 Å². The molecule has 2 aromatic rings. The number of hydrogen-bond donors (Lipinski definition) is 2. The van der Waals surface area contributed by atoms with Gasteiger partial charge >= 0.3 is 0 Å². The summed E-state index contributed by atoms with van der Waals surface area (Å²) >= 11 is 0. The number of carbonyl (C=O) groups excluding carboxylic acids is 1. The average molecular weight is 290 g/mol. The van der Waals surface area contributed by atoms with E-state index in [1.165, 1.54) is 6.07 Å². The third kappa shape index (κ3) is 3.78. The van der Waals surface area contributed by atoms with Gasteiger partial charge in [0.15, 0.2) is 0 Å². The lowest BCUT2D eigenvalue weighted by molar-refractivity contribution is -0.385. The molecule has 0 bridgehead atoms. The zero-order valence-corrected chi connectivity index (χ0v) is 11.1. The van der Waals surface area contributed by atoms with Gasteiger partial charge in [0.05, 0.1) is 4.92 Å². The van der Waals surface area contributed by atoms with Crippen molar-refractivity contribution in [2.75, 3.05) is 6.54 Å². The lowest BCUT2D eigenvalue weighted by Gasteiger charge is -2.06. The van der Waals surface area contributed by atoms with Gasteiger partial charge in [0, 0.05) is 31.5 Å². The standard InChI is InChI=1S/C13H14N4O4/c18-10-3-4-12(17(20)21)11(9-10)13(19)14-5-1-7-16-8-2-6-15-16/h2-4,6,8-9,18H,1,5,7H2,(H,14,19). The first kappa shape index (κ1) is 14.5. The Kier molecular flexibility index (Phi) is 4.50. The Morgan fingerprint density at radius 2 is 2.29 bits per heavy atom. The predicted octanol–water partition coefficient (Wildman–Crippen LogP) is 1.32. The van der Waals surface area contributed by atoms with E-state index in [1.807, 2.05) is 6.20 Å². The first-order chi connectivity index (χ1) is 10.1. The topological polar surface area (TPSA) is 110 Å². The maximum Gasteiger partial charge on any atom is 0.282 e. The third-order valence-electron chi connectivity index (χ3n) is 2.83. The molecular formula is C13H14N4O4. The number of aromatic hydroxyl groups is 1. The number of nitrogens with zero attached hydrogens (tertiary/aromatic N) is 3. The fourth-order valence-corrected chi connectivity index (χ4v) is 1.84. The second-order valence-corrected chi connectivity index (χ2v) is 4.34. The molecule has 21 heavy (non-hydrogen) atoms. The van der Waals surface area contributed by atoms with Crippen LogP contribution < -0.4 is 5.32 Å². The highest BCUT2D eigenvalue weighted by Crippen LogP contribution is 2.23. The first-order valence-electron chi connectivity index (χ1n) is 6.31. The molecule has 0 aliphatic heterocycles. The van der Waals surface area contributed by atoms with E-state index in [2.05, 4.69) is 10.4 Å². The van der Waals surface area contributed by atoms with Crippen molar-refractivity contribution in [2.24, 2.45) is 0 Å². The number of nitro benzene ring substituents is 1. The van der Waals surface area contributed by atoms with Gasteiger partial charge in [-0.1, -0.05) is 0 Å². The van der Waals surface area contributed by atoms with E-state index in [9.17, 15) is 20.0 Å². The van der Waals surface area contributed by atoms with Crippen LogP contribution >= 0.6 is 0 Å². The van der Waals surface area contributed by atoms with Crippen molar-refractivity contribution >= 4 is 11.6 Å². The number of phenols is 1. The summed E-state index contributed by atoms with van der Waals surface area (Å²) in [5.74, 6) is -0.777. The zero-order valence-electron chi connectivity index (χ0n) is 11.1. The molecule has 1 aromatic carbocycles. The van der Waals surface area contributed by atoms with Gasteiger partial charge in [-0.2, -0.15) is 5.10 Å². The summed E-state index contributed by atoms with van der Waals surface area (Å²) in [6.07, 6.45) is 4.11. The highest BCUT2D eigenvalue weighted by molar-refractivity contribution is 5.98. The van der Waals surface area contributed by atoms with Crippen molar-refractivity contribution < 1.29 is 14.8 Å². The van der Waals surface area contributed by atoms with Crippen LogP contribution in [0.2, 0.25) is 0 Å². The van der Waals surface area contributed by atoms with E-state index in [1.54, 1.807) is 16.9 Å². The summed E-state index contributed by atoms with van der Waals surface area (Å²) in [7, 11) is 0. The molecule has 0 aliphatic carbocycles. The Bertz CT molecular complexity index is 640. The van der Waals surface area contributed by atoms with Gasteiger partial charge in [-0.25, -0.2) is 0 Å². The number of aromatic nitrogens is 2. The molecular weight excluding hydrogens is 276 g/mol. The summed E-state index contributed by atoms with van der Waals surface area (Å²) < 4.78 is 1.73. The molecule has 2 N–H and O–H groups in total. The van der Waals surface area contributed by atoms with Crippen LogP contribution in [-0.2, 0) is 6.54 Å². The number of rotatable bonds is 6. The molecule has 0 radical (unpaired) electrons. The third-order valence-corrected chi connectivity index (χ3v) is 2.83. The Balaban J connectivity index is 1.93. The van der Waals surface area contributed by atoms with Crippen LogP contribution in [0.1, 0.15) is 16.8 Å². The van der Waals surface area contributed by atoms with Crippen LogP contribution in [0.25, 0.3) is 0 Å². The minimum Gasteiger partial charge on any atom is -0.508 e. The van der Waals surface area contributed by atoms with E-state index in [0.717, 1.165) is 12.1 Å². The SMILES string of the molecule is O=C(NCCCn1cccn1)c1cc(O)ccc1[N+](=O)[O-]. The molecule has 0 atom stereocenters. The highest BCUT2D eigenvalue weighted by atomic mass is 16.6. The van der Waals surface area contributed by atoms with Gasteiger partial charge < -0.3 is 10.4 Å². The molecule has 0 spiro atoms. The molecule has 0 fully saturated rings. The molecule has 0 saturated heterocycles. The average Bonchev–Trinajstić information content (AvgIpc) is 2.96. The fraction of sp³-hybridized carbons (Fsp3) is 0.231. The highest BCUT2D eigenvalue weighted by Gasteiger charge is 2.20. The Hall–Kier alpha value is -2.90. The van der Waals surface area contributed by atoms with E-state index in [-0.39, 0.29) is 17.0 Å². The van der Waals surface area contributed by atoms with E-state index >= 15 is 0 Å². The molecule has 8 nitrogen and oxygen atoms in total. The zero-order chi connectivity index (χ0) is 15.2. The second-order valence-electron chi connectivity index (χ2n) is 4.34. The smallest absolute Gasteiger partial charge is 0.282 e. The summed E-state index contributed by atoms with van der Waals surface area (Å²) in [4.78, 5) is 22.1. The molecule has 2 rings (SSSR count). The molecule has 0 aliphatic rings. The fourth-order valence-electron chi connectivity index (χ4n) is 1.84. The lowest BCUT2D eigenvalue weighted by Crippen LogP contribution is -2.26. The Morgan fingerprint density at radius 3 is 2.95 bits per heavy atom. The molecule has 0 saturated carbocycles. The lowest BCUT2D eigenvalue weighted by atomic mass is 10.1. The van der Waals surface area contributed by atoms with Crippen molar-refractivity contribution in [3.63, 3.8) is 0 Å². The minimum atomic E-state index is -0.655. The van der Waals surface area contributed by atoms with Crippen molar-refractivity contribution in [2.45, 2.75) is 13.0 Å². The molecule has 1 amide bonds. The monoisotopic (exact) mass is 290 g/mol. The van der Waals surface area contributed by atoms with Gasteiger partial charge in [-0.05, 0) is 24.6 Å². The number of phenolic OH excluding ortho intramolecular Hbond substituents is 1. The quantitative estimate of drug-likeness (QED) is 0.473. The van der Waals surface area contributed by atoms with Crippen molar-refractivity contribution in [3.05, 3.63) is 52.3 Å². The molecule has 8 heteroatoms. The number of aryl methyl sites for hydroxylation is 1. The van der Waals surface area contributed by atoms with Crippen molar-refractivity contribution in [1.29, 1.82) is 0 Å². The van der Waals surface area contributed by atoms with Crippen LogP contribution in [0.15, 0.2) is 36.7 Å². The molecule has 110 valence electrons. The maximum atomic E-state index is 11.9. The molecule has 0 unspecified atom stereocenters. The van der Waals surface area contributed by atoms with E-state index in [4.69, 9.17) is 0 Å². The number of nitrogens with one attached hydrogen (secondary N) is 1. The summed E-state index contributed by atoms with van der Waals surface area (Å²) in [6, 6.07) is 5.16. The summed E-state index contributed by atoms with van der Waals surface area (Å²) in [5.41, 5.74) is -0.489. The molecule has 1 aromatic heterocycles. The number of amides is 1. The Labute approximate surface area is 120 Å². The number of hydrogen-bond acceptors (Lipinski definition) is 5.